The molecule has 0 aliphatic heterocycles. The Morgan fingerprint density at radius 2 is 1.68 bits per heavy atom. The maximum Gasteiger partial charge on any atom is 0.214 e. The van der Waals surface area contributed by atoms with E-state index in [1.807, 2.05) is 42.5 Å². The van der Waals surface area contributed by atoms with E-state index in [1.165, 1.54) is 6.20 Å². The molecular formula is C23H19N3O2. The van der Waals surface area contributed by atoms with Gasteiger partial charge in [-0.05, 0) is 35.4 Å². The molecule has 28 heavy (non-hydrogen) atoms. The van der Waals surface area contributed by atoms with Crippen LogP contribution in [0.25, 0.3) is 11.1 Å². The summed E-state index contributed by atoms with van der Waals surface area (Å²) in [5.74, 6) is 0.867. The molecule has 0 radical (unpaired) electrons. The van der Waals surface area contributed by atoms with Gasteiger partial charge >= 0.3 is 0 Å². The zero-order chi connectivity index (χ0) is 19.3. The van der Waals surface area contributed by atoms with Gasteiger partial charge in [-0.2, -0.15) is 0 Å². The summed E-state index contributed by atoms with van der Waals surface area (Å²) in [7, 11) is 1.55. The number of ether oxygens (including phenoxy) is 1. The molecule has 2 N–H and O–H groups in total. The number of imidazole rings is 1. The Labute approximate surface area is 163 Å². The molecular weight excluding hydrogens is 350 g/mol. The first-order chi connectivity index (χ1) is 13.7. The number of carbonyl (C=O) groups is 1. The van der Waals surface area contributed by atoms with E-state index in [9.17, 15) is 4.79 Å². The predicted octanol–water partition coefficient (Wildman–Crippen LogP) is 5.06. The number of hydrogen-bond donors (Lipinski definition) is 2. The smallest absolute Gasteiger partial charge is 0.214 e. The van der Waals surface area contributed by atoms with Crippen LogP contribution in [0.3, 0.4) is 0 Å². The Hall–Kier alpha value is -3.86. The monoisotopic (exact) mass is 369 g/mol. The number of carbonyl (C=O) groups excluding carboxylic acids is 1. The first-order valence-corrected chi connectivity index (χ1v) is 8.90. The highest BCUT2D eigenvalue weighted by molar-refractivity contribution is 6.09. The van der Waals surface area contributed by atoms with Crippen LogP contribution in [0, 0.1) is 0 Å². The van der Waals surface area contributed by atoms with Gasteiger partial charge in [0.1, 0.15) is 11.4 Å². The van der Waals surface area contributed by atoms with Crippen LogP contribution in [0.1, 0.15) is 16.1 Å². The van der Waals surface area contributed by atoms with E-state index in [4.69, 9.17) is 4.74 Å². The van der Waals surface area contributed by atoms with Crippen molar-refractivity contribution in [3.05, 3.63) is 96.3 Å². The van der Waals surface area contributed by atoms with Gasteiger partial charge in [0.25, 0.3) is 0 Å². The molecule has 5 nitrogen and oxygen atoms in total. The summed E-state index contributed by atoms with van der Waals surface area (Å²) in [5.41, 5.74) is 4.00. The summed E-state index contributed by atoms with van der Waals surface area (Å²) in [6, 6.07) is 25.3. The van der Waals surface area contributed by atoms with Gasteiger partial charge in [0.15, 0.2) is 0 Å². The normalized spacial score (nSPS) is 10.5. The minimum atomic E-state index is -0.170. The van der Waals surface area contributed by atoms with Crippen molar-refractivity contribution in [3.63, 3.8) is 0 Å². The quantitative estimate of drug-likeness (QED) is 0.466. The van der Waals surface area contributed by atoms with E-state index >= 15 is 0 Å². The molecule has 1 heterocycles. The van der Waals surface area contributed by atoms with Crippen molar-refractivity contribution in [1.29, 1.82) is 0 Å². The van der Waals surface area contributed by atoms with Gasteiger partial charge in [-0.3, -0.25) is 4.79 Å². The van der Waals surface area contributed by atoms with Gasteiger partial charge < -0.3 is 15.0 Å². The number of para-hydroxylation sites is 1. The second-order valence-corrected chi connectivity index (χ2v) is 6.25. The molecule has 1 aromatic heterocycles. The van der Waals surface area contributed by atoms with Crippen molar-refractivity contribution in [3.8, 4) is 16.9 Å². The number of ketones is 1. The zero-order valence-corrected chi connectivity index (χ0v) is 15.3. The summed E-state index contributed by atoms with van der Waals surface area (Å²) >= 11 is 0. The molecule has 3 aromatic carbocycles. The molecule has 0 saturated heterocycles. The van der Waals surface area contributed by atoms with Gasteiger partial charge in [-0.15, -0.1) is 0 Å². The van der Waals surface area contributed by atoms with Gasteiger partial charge in [0.2, 0.25) is 11.7 Å². The summed E-state index contributed by atoms with van der Waals surface area (Å²) in [6.07, 6.45) is 1.53. The molecule has 0 saturated carbocycles. The lowest BCUT2D eigenvalue weighted by atomic mass is 10.1. The number of nitrogens with zero attached hydrogens (tertiary/aromatic N) is 1. The number of H-pyrrole nitrogens is 1. The van der Waals surface area contributed by atoms with E-state index in [0.717, 1.165) is 16.8 Å². The third-order valence-electron chi connectivity index (χ3n) is 4.40. The molecule has 0 amide bonds. The summed E-state index contributed by atoms with van der Waals surface area (Å²) in [6.45, 7) is 0. The number of hydrogen-bond acceptors (Lipinski definition) is 4. The number of rotatable bonds is 6. The largest absolute Gasteiger partial charge is 0.496 e. The van der Waals surface area contributed by atoms with Crippen LogP contribution in [0.4, 0.5) is 11.6 Å². The fourth-order valence-electron chi connectivity index (χ4n) is 3.02. The highest BCUT2D eigenvalue weighted by Crippen LogP contribution is 2.25. The van der Waals surface area contributed by atoms with Crippen molar-refractivity contribution < 1.29 is 9.53 Å². The average Bonchev–Trinajstić information content (AvgIpc) is 3.22. The molecule has 0 fully saturated rings. The molecule has 0 unspecified atom stereocenters. The Morgan fingerprint density at radius 1 is 0.929 bits per heavy atom. The van der Waals surface area contributed by atoms with Crippen LogP contribution in [-0.4, -0.2) is 22.9 Å². The van der Waals surface area contributed by atoms with Gasteiger partial charge in [0.05, 0.1) is 18.9 Å². The van der Waals surface area contributed by atoms with E-state index in [-0.39, 0.29) is 5.78 Å². The molecule has 4 aromatic rings. The second kappa shape index (κ2) is 7.80. The summed E-state index contributed by atoms with van der Waals surface area (Å²) in [5, 5.41) is 3.22. The van der Waals surface area contributed by atoms with Crippen molar-refractivity contribution >= 4 is 17.4 Å². The molecule has 0 atom stereocenters. The number of aromatic amines is 1. The highest BCUT2D eigenvalue weighted by Gasteiger charge is 2.16. The lowest BCUT2D eigenvalue weighted by Crippen LogP contribution is -2.04. The van der Waals surface area contributed by atoms with Gasteiger partial charge in [-0.25, -0.2) is 4.98 Å². The maximum atomic E-state index is 12.8. The van der Waals surface area contributed by atoms with Crippen LogP contribution in [0.15, 0.2) is 85.1 Å². The van der Waals surface area contributed by atoms with Crippen molar-refractivity contribution in [1.82, 2.24) is 9.97 Å². The lowest BCUT2D eigenvalue weighted by molar-refractivity contribution is 0.103. The maximum absolute atomic E-state index is 12.8. The fourth-order valence-corrected chi connectivity index (χ4v) is 3.02. The fraction of sp³-hybridized carbons (Fsp3) is 0.0435. The molecule has 4 rings (SSSR count). The molecule has 0 aliphatic carbocycles. The van der Waals surface area contributed by atoms with E-state index in [0.29, 0.717) is 23.0 Å². The zero-order valence-electron chi connectivity index (χ0n) is 15.3. The van der Waals surface area contributed by atoms with Crippen molar-refractivity contribution in [2.24, 2.45) is 0 Å². The number of anilines is 2. The number of nitrogens with one attached hydrogen (secondary N) is 2. The first-order valence-electron chi connectivity index (χ1n) is 8.90. The lowest BCUT2D eigenvalue weighted by Gasteiger charge is -2.07. The number of benzene rings is 3. The number of aromatic nitrogens is 2. The molecule has 138 valence electrons. The van der Waals surface area contributed by atoms with Crippen molar-refractivity contribution in [2.45, 2.75) is 0 Å². The van der Waals surface area contributed by atoms with E-state index in [2.05, 4.69) is 33.5 Å². The highest BCUT2D eigenvalue weighted by atomic mass is 16.5. The van der Waals surface area contributed by atoms with Crippen LogP contribution in [-0.2, 0) is 0 Å². The SMILES string of the molecule is COc1ccccc1C(=O)c1cnc(Nc2cccc(-c3ccccc3)c2)[nH]1. The average molecular weight is 369 g/mol. The number of methoxy groups -OCH3 is 1. The van der Waals surface area contributed by atoms with Crippen LogP contribution in [0.5, 0.6) is 5.75 Å². The van der Waals surface area contributed by atoms with Gasteiger partial charge in [-0.1, -0.05) is 54.6 Å². The molecule has 5 heteroatoms. The van der Waals surface area contributed by atoms with Gasteiger partial charge in [0, 0.05) is 5.69 Å². The second-order valence-electron chi connectivity index (χ2n) is 6.25. The molecule has 0 spiro atoms. The van der Waals surface area contributed by atoms with E-state index < -0.39 is 0 Å². The minimum Gasteiger partial charge on any atom is -0.496 e. The standard InChI is InChI=1S/C23H19N3O2/c1-28-21-13-6-5-12-19(21)22(27)20-15-24-23(26-20)25-18-11-7-10-17(14-18)16-8-3-2-4-9-16/h2-15H,1H3,(H2,24,25,26). The summed E-state index contributed by atoms with van der Waals surface area (Å²) < 4.78 is 5.27. The third-order valence-corrected chi connectivity index (χ3v) is 4.40. The van der Waals surface area contributed by atoms with Crippen LogP contribution >= 0.6 is 0 Å². The summed E-state index contributed by atoms with van der Waals surface area (Å²) in [4.78, 5) is 20.1. The topological polar surface area (TPSA) is 67.0 Å². The predicted molar refractivity (Wildman–Crippen MR) is 110 cm³/mol. The Bertz CT molecular complexity index is 1100. The Morgan fingerprint density at radius 3 is 2.50 bits per heavy atom. The van der Waals surface area contributed by atoms with Crippen LogP contribution < -0.4 is 10.1 Å². The Balaban J connectivity index is 1.55. The van der Waals surface area contributed by atoms with Crippen LogP contribution in [0.2, 0.25) is 0 Å². The Kier molecular flexibility index (Phi) is 4.89. The van der Waals surface area contributed by atoms with Crippen molar-refractivity contribution in [2.75, 3.05) is 12.4 Å². The first kappa shape index (κ1) is 17.5. The third kappa shape index (κ3) is 3.64. The van der Waals surface area contributed by atoms with E-state index in [1.54, 1.807) is 25.3 Å². The molecule has 0 aliphatic rings. The minimum absolute atomic E-state index is 0.170. The molecule has 0 bridgehead atoms.